The largest absolute Gasteiger partial charge is 0.398 e. The second kappa shape index (κ2) is 6.36. The van der Waals surface area contributed by atoms with Crippen molar-refractivity contribution in [2.24, 2.45) is 0 Å². The van der Waals surface area contributed by atoms with Crippen LogP contribution in [-0.4, -0.2) is 8.42 Å². The van der Waals surface area contributed by atoms with Gasteiger partial charge in [0, 0.05) is 17.3 Å². The monoisotopic (exact) mass is 388 g/mol. The number of rotatable bonds is 4. The molecule has 2 rings (SSSR count). The molecule has 2 aromatic rings. The molecule has 4 nitrogen and oxygen atoms in total. The summed E-state index contributed by atoms with van der Waals surface area (Å²) in [5, 5.41) is 0.270. The van der Waals surface area contributed by atoms with E-state index in [4.69, 9.17) is 17.3 Å². The van der Waals surface area contributed by atoms with Crippen molar-refractivity contribution in [3.05, 3.63) is 57.0 Å². The third kappa shape index (κ3) is 3.97. The van der Waals surface area contributed by atoms with Crippen molar-refractivity contribution >= 4 is 43.2 Å². The molecule has 0 aliphatic carbocycles. The van der Waals surface area contributed by atoms with E-state index in [0.29, 0.717) is 4.47 Å². The van der Waals surface area contributed by atoms with Crippen LogP contribution in [0, 0.1) is 6.92 Å². The number of nitrogen functional groups attached to an aromatic ring is 1. The van der Waals surface area contributed by atoms with Gasteiger partial charge < -0.3 is 5.73 Å². The fourth-order valence-corrected chi connectivity index (χ4v) is 4.05. The lowest BCUT2D eigenvalue weighted by Gasteiger charge is -2.11. The molecule has 0 aliphatic heterocycles. The van der Waals surface area contributed by atoms with Gasteiger partial charge in [0.25, 0.3) is 0 Å². The SMILES string of the molecule is Cc1ccc(CNS(=O)(=O)c2cc(Cl)cc(N)c2Br)cc1. The number of hydrogen-bond donors (Lipinski definition) is 2. The molecule has 0 aliphatic rings. The first kappa shape index (κ1) is 16.3. The highest BCUT2D eigenvalue weighted by Crippen LogP contribution is 2.31. The van der Waals surface area contributed by atoms with Gasteiger partial charge >= 0.3 is 0 Å². The van der Waals surface area contributed by atoms with E-state index < -0.39 is 10.0 Å². The highest BCUT2D eigenvalue weighted by atomic mass is 79.9. The normalized spacial score (nSPS) is 11.6. The van der Waals surface area contributed by atoms with Gasteiger partial charge in [-0.15, -0.1) is 0 Å². The van der Waals surface area contributed by atoms with Crippen LogP contribution in [-0.2, 0) is 16.6 Å². The van der Waals surface area contributed by atoms with Crippen LogP contribution in [0.3, 0.4) is 0 Å². The predicted molar refractivity (Wildman–Crippen MR) is 88.8 cm³/mol. The molecule has 0 unspecified atom stereocenters. The summed E-state index contributed by atoms with van der Waals surface area (Å²) in [5.41, 5.74) is 7.98. The van der Waals surface area contributed by atoms with E-state index in [-0.39, 0.29) is 22.2 Å². The molecule has 0 aromatic heterocycles. The highest BCUT2D eigenvalue weighted by Gasteiger charge is 2.19. The maximum atomic E-state index is 12.3. The van der Waals surface area contributed by atoms with E-state index in [0.717, 1.165) is 11.1 Å². The van der Waals surface area contributed by atoms with E-state index in [1.54, 1.807) is 0 Å². The third-order valence-corrected chi connectivity index (χ3v) is 5.70. The zero-order valence-electron chi connectivity index (χ0n) is 11.2. The number of nitrogens with one attached hydrogen (secondary N) is 1. The number of benzene rings is 2. The van der Waals surface area contributed by atoms with E-state index in [2.05, 4.69) is 20.7 Å². The van der Waals surface area contributed by atoms with Crippen molar-refractivity contribution in [1.82, 2.24) is 4.72 Å². The summed E-state index contributed by atoms with van der Waals surface area (Å²) >= 11 is 9.05. The van der Waals surface area contributed by atoms with Crippen LogP contribution in [0.15, 0.2) is 45.8 Å². The van der Waals surface area contributed by atoms with Crippen molar-refractivity contribution in [2.45, 2.75) is 18.4 Å². The van der Waals surface area contributed by atoms with Crippen LogP contribution in [0.2, 0.25) is 5.02 Å². The van der Waals surface area contributed by atoms with Gasteiger partial charge in [0.2, 0.25) is 10.0 Å². The molecule has 0 heterocycles. The average molecular weight is 390 g/mol. The molecule has 2 aromatic carbocycles. The van der Waals surface area contributed by atoms with Crippen LogP contribution in [0.25, 0.3) is 0 Å². The van der Waals surface area contributed by atoms with Crippen molar-refractivity contribution in [3.63, 3.8) is 0 Å². The Morgan fingerprint density at radius 2 is 1.86 bits per heavy atom. The lowest BCUT2D eigenvalue weighted by atomic mass is 10.2. The molecule has 3 N–H and O–H groups in total. The topological polar surface area (TPSA) is 72.2 Å². The van der Waals surface area contributed by atoms with Crippen LogP contribution < -0.4 is 10.5 Å². The second-order valence-corrected chi connectivity index (χ2v) is 7.58. The summed E-state index contributed by atoms with van der Waals surface area (Å²) in [4.78, 5) is 0.0274. The molecular weight excluding hydrogens is 376 g/mol. The smallest absolute Gasteiger partial charge is 0.242 e. The van der Waals surface area contributed by atoms with Crippen molar-refractivity contribution in [2.75, 3.05) is 5.73 Å². The second-order valence-electron chi connectivity index (χ2n) is 4.62. The Balaban J connectivity index is 2.25. The van der Waals surface area contributed by atoms with E-state index in [1.165, 1.54) is 12.1 Å². The van der Waals surface area contributed by atoms with E-state index >= 15 is 0 Å². The number of halogens is 2. The summed E-state index contributed by atoms with van der Waals surface area (Å²) in [5.74, 6) is 0. The molecule has 112 valence electrons. The van der Waals surface area contributed by atoms with Gasteiger partial charge in [0.15, 0.2) is 0 Å². The van der Waals surface area contributed by atoms with Crippen LogP contribution in [0.5, 0.6) is 0 Å². The van der Waals surface area contributed by atoms with Crippen molar-refractivity contribution < 1.29 is 8.42 Å². The first-order valence-corrected chi connectivity index (χ1v) is 8.75. The number of aryl methyl sites for hydroxylation is 1. The standard InChI is InChI=1S/C14H14BrClN2O2S/c1-9-2-4-10(5-3-9)8-18-21(19,20)13-7-11(16)6-12(17)14(13)15/h2-7,18H,8,17H2,1H3. The Morgan fingerprint density at radius 1 is 1.24 bits per heavy atom. The summed E-state index contributed by atoms with van der Waals surface area (Å²) in [7, 11) is -3.71. The minimum absolute atomic E-state index is 0.0274. The van der Waals surface area contributed by atoms with Gasteiger partial charge in [-0.05, 0) is 40.5 Å². The first-order valence-electron chi connectivity index (χ1n) is 6.09. The average Bonchev–Trinajstić information content (AvgIpc) is 2.42. The number of sulfonamides is 1. The molecule has 0 atom stereocenters. The van der Waals surface area contributed by atoms with Crippen LogP contribution in [0.1, 0.15) is 11.1 Å². The fourth-order valence-electron chi connectivity index (χ4n) is 1.74. The minimum atomic E-state index is -3.71. The molecule has 7 heteroatoms. The van der Waals surface area contributed by atoms with Crippen LogP contribution >= 0.6 is 27.5 Å². The lowest BCUT2D eigenvalue weighted by molar-refractivity contribution is 0.581. The number of hydrogen-bond acceptors (Lipinski definition) is 3. The quantitative estimate of drug-likeness (QED) is 0.786. The lowest BCUT2D eigenvalue weighted by Crippen LogP contribution is -2.23. The summed E-state index contributed by atoms with van der Waals surface area (Å²) in [6, 6.07) is 10.5. The third-order valence-electron chi connectivity index (χ3n) is 2.91. The highest BCUT2D eigenvalue weighted by molar-refractivity contribution is 9.10. The summed E-state index contributed by atoms with van der Waals surface area (Å²) in [6.07, 6.45) is 0. The van der Waals surface area contributed by atoms with Gasteiger partial charge in [-0.2, -0.15) is 0 Å². The Bertz CT molecular complexity index is 761. The molecule has 0 spiro atoms. The molecule has 0 saturated carbocycles. The van der Waals surface area contributed by atoms with Crippen molar-refractivity contribution in [1.29, 1.82) is 0 Å². The van der Waals surface area contributed by atoms with Gasteiger partial charge in [0.1, 0.15) is 0 Å². The van der Waals surface area contributed by atoms with Gasteiger partial charge in [-0.1, -0.05) is 41.4 Å². The first-order chi connectivity index (χ1) is 9.79. The zero-order chi connectivity index (χ0) is 15.6. The molecule has 0 bridgehead atoms. The summed E-state index contributed by atoms with van der Waals surface area (Å²) < 4.78 is 27.5. The molecular formula is C14H14BrClN2O2S. The molecule has 0 fully saturated rings. The van der Waals surface area contributed by atoms with Gasteiger partial charge in [0.05, 0.1) is 9.37 Å². The maximum Gasteiger partial charge on any atom is 0.242 e. The zero-order valence-corrected chi connectivity index (χ0v) is 14.4. The Labute approximate surface area is 137 Å². The summed E-state index contributed by atoms with van der Waals surface area (Å²) in [6.45, 7) is 2.17. The maximum absolute atomic E-state index is 12.3. The van der Waals surface area contributed by atoms with Crippen molar-refractivity contribution in [3.8, 4) is 0 Å². The molecule has 0 saturated heterocycles. The van der Waals surface area contributed by atoms with Crippen LogP contribution in [0.4, 0.5) is 5.69 Å². The van der Waals surface area contributed by atoms with E-state index in [9.17, 15) is 8.42 Å². The minimum Gasteiger partial charge on any atom is -0.398 e. The Kier molecular flexibility index (Phi) is 4.93. The van der Waals surface area contributed by atoms with E-state index in [1.807, 2.05) is 31.2 Å². The fraction of sp³-hybridized carbons (Fsp3) is 0.143. The molecule has 0 amide bonds. The Morgan fingerprint density at radius 3 is 2.48 bits per heavy atom. The molecule has 0 radical (unpaired) electrons. The Hall–Kier alpha value is -1.08. The number of anilines is 1. The van der Waals surface area contributed by atoms with Gasteiger partial charge in [-0.25, -0.2) is 13.1 Å². The predicted octanol–water partition coefficient (Wildman–Crippen LogP) is 3.47. The van der Waals surface area contributed by atoms with Gasteiger partial charge in [-0.3, -0.25) is 0 Å². The molecule has 21 heavy (non-hydrogen) atoms. The number of nitrogens with two attached hydrogens (primary N) is 1.